The van der Waals surface area contributed by atoms with E-state index in [9.17, 15) is 4.79 Å². The Morgan fingerprint density at radius 2 is 1.85 bits per heavy atom. The second kappa shape index (κ2) is 5.70. The molecule has 0 unspecified atom stereocenters. The molecule has 3 saturated carbocycles. The predicted octanol–water partition coefficient (Wildman–Crippen LogP) is 3.68. The molecular weight excluding hydrogens is 322 g/mol. The van der Waals surface area contributed by atoms with E-state index < -0.39 is 0 Å². The summed E-state index contributed by atoms with van der Waals surface area (Å²) in [6.07, 6.45) is 12.2. The summed E-state index contributed by atoms with van der Waals surface area (Å²) >= 11 is 0. The van der Waals surface area contributed by atoms with E-state index in [1.165, 1.54) is 44.1 Å². The number of rotatable bonds is 6. The number of aromatic nitrogens is 2. The lowest BCUT2D eigenvalue weighted by Crippen LogP contribution is -2.41. The molecule has 5 rings (SSSR count). The summed E-state index contributed by atoms with van der Waals surface area (Å²) < 4.78 is 2.00. The summed E-state index contributed by atoms with van der Waals surface area (Å²) in [5.41, 5.74) is 1.36. The maximum absolute atomic E-state index is 13.4. The van der Waals surface area contributed by atoms with Gasteiger partial charge in [-0.15, -0.1) is 0 Å². The molecule has 2 aromatic rings. The number of carbonyl (C=O) groups excluding carboxylic acids is 1. The number of amides is 1. The minimum atomic E-state index is -0.285. The van der Waals surface area contributed by atoms with Gasteiger partial charge in [0.15, 0.2) is 0 Å². The first-order chi connectivity index (χ1) is 12.7. The maximum atomic E-state index is 13.4. The molecular formula is C22H27N3O. The second-order valence-corrected chi connectivity index (χ2v) is 8.82. The van der Waals surface area contributed by atoms with Gasteiger partial charge < -0.3 is 5.32 Å². The molecule has 1 atom stereocenters. The summed E-state index contributed by atoms with van der Waals surface area (Å²) in [5, 5.41) is 7.71. The van der Waals surface area contributed by atoms with Crippen LogP contribution in [-0.2, 0) is 16.8 Å². The Labute approximate surface area is 155 Å². The topological polar surface area (TPSA) is 46.9 Å². The van der Waals surface area contributed by atoms with Crippen molar-refractivity contribution in [3.8, 4) is 0 Å². The highest BCUT2D eigenvalue weighted by Crippen LogP contribution is 2.72. The zero-order valence-corrected chi connectivity index (χ0v) is 15.3. The molecule has 3 fully saturated rings. The molecule has 4 heteroatoms. The molecule has 1 heterocycles. The first-order valence-corrected chi connectivity index (χ1v) is 10.00. The van der Waals surface area contributed by atoms with Crippen LogP contribution in [0.3, 0.4) is 0 Å². The normalized spacial score (nSPS) is 27.4. The van der Waals surface area contributed by atoms with E-state index in [0.717, 1.165) is 19.5 Å². The molecule has 4 nitrogen and oxygen atoms in total. The van der Waals surface area contributed by atoms with Gasteiger partial charge in [-0.2, -0.15) is 5.10 Å². The van der Waals surface area contributed by atoms with E-state index in [0.29, 0.717) is 0 Å². The number of benzene rings is 1. The standard InChI is InChI=1S/C22H27N3O/c26-19(23-16-20(11-12-20)17-25-14-6-13-24-25)22(18-7-2-1-3-8-18)15-21(22)9-4-5-10-21/h1-3,6-8,13-14H,4-5,9-12,15-17H2,(H,23,26)/t22-/m0/s1. The summed E-state index contributed by atoms with van der Waals surface area (Å²) in [6, 6.07) is 12.5. The van der Waals surface area contributed by atoms with Gasteiger partial charge in [-0.05, 0) is 49.1 Å². The lowest BCUT2D eigenvalue weighted by atomic mass is 9.84. The third kappa shape index (κ3) is 2.42. The molecule has 26 heavy (non-hydrogen) atoms. The Hall–Kier alpha value is -2.10. The second-order valence-electron chi connectivity index (χ2n) is 8.82. The van der Waals surface area contributed by atoms with E-state index in [-0.39, 0.29) is 22.2 Å². The van der Waals surface area contributed by atoms with Gasteiger partial charge in [0.05, 0.1) is 5.41 Å². The molecule has 0 aliphatic heterocycles. The summed E-state index contributed by atoms with van der Waals surface area (Å²) in [4.78, 5) is 13.4. The molecule has 1 aromatic heterocycles. The number of nitrogens with one attached hydrogen (secondary N) is 1. The Kier molecular flexibility index (Phi) is 3.53. The van der Waals surface area contributed by atoms with E-state index in [4.69, 9.17) is 0 Å². The Morgan fingerprint density at radius 1 is 1.08 bits per heavy atom. The van der Waals surface area contributed by atoms with Crippen molar-refractivity contribution in [2.45, 2.75) is 56.9 Å². The molecule has 1 N–H and O–H groups in total. The van der Waals surface area contributed by atoms with Crippen molar-refractivity contribution in [3.63, 3.8) is 0 Å². The fourth-order valence-corrected chi connectivity index (χ4v) is 5.43. The SMILES string of the molecule is O=C(NCC1(Cn2cccn2)CC1)[C@@]1(c2ccccc2)CC12CCCC2. The third-order valence-electron chi connectivity index (χ3n) is 7.24. The zero-order chi connectivity index (χ0) is 17.7. The van der Waals surface area contributed by atoms with E-state index >= 15 is 0 Å². The van der Waals surface area contributed by atoms with Gasteiger partial charge in [-0.25, -0.2) is 0 Å². The van der Waals surface area contributed by atoms with Crippen molar-refractivity contribution >= 4 is 5.91 Å². The van der Waals surface area contributed by atoms with Gasteiger partial charge in [-0.3, -0.25) is 9.48 Å². The van der Waals surface area contributed by atoms with Crippen molar-refractivity contribution in [3.05, 3.63) is 54.4 Å². The van der Waals surface area contributed by atoms with E-state index in [1.54, 1.807) is 0 Å². The fourth-order valence-electron chi connectivity index (χ4n) is 5.43. The summed E-state index contributed by atoms with van der Waals surface area (Å²) in [6.45, 7) is 1.68. The molecule has 1 aromatic carbocycles. The van der Waals surface area contributed by atoms with Crippen molar-refractivity contribution < 1.29 is 4.79 Å². The third-order valence-corrected chi connectivity index (χ3v) is 7.24. The number of nitrogens with zero attached hydrogens (tertiary/aromatic N) is 2. The molecule has 3 aliphatic rings. The van der Waals surface area contributed by atoms with E-state index in [1.807, 2.05) is 29.2 Å². The zero-order valence-electron chi connectivity index (χ0n) is 15.3. The number of carbonyl (C=O) groups is 1. The fraction of sp³-hybridized carbons (Fsp3) is 0.545. The van der Waals surface area contributed by atoms with Crippen LogP contribution in [0.25, 0.3) is 0 Å². The van der Waals surface area contributed by atoms with Crippen LogP contribution in [0.15, 0.2) is 48.8 Å². The van der Waals surface area contributed by atoms with Gasteiger partial charge in [0, 0.05) is 30.9 Å². The average Bonchev–Trinajstić information content (AvgIpc) is 3.37. The molecule has 0 bridgehead atoms. The Morgan fingerprint density at radius 3 is 2.50 bits per heavy atom. The van der Waals surface area contributed by atoms with Gasteiger partial charge in [0.25, 0.3) is 0 Å². The number of hydrogen-bond acceptors (Lipinski definition) is 2. The molecule has 3 aliphatic carbocycles. The van der Waals surface area contributed by atoms with Gasteiger partial charge >= 0.3 is 0 Å². The van der Waals surface area contributed by atoms with Crippen LogP contribution in [0.5, 0.6) is 0 Å². The van der Waals surface area contributed by atoms with Crippen LogP contribution < -0.4 is 5.32 Å². The molecule has 1 amide bonds. The number of hydrogen-bond donors (Lipinski definition) is 1. The van der Waals surface area contributed by atoms with Crippen LogP contribution in [0, 0.1) is 10.8 Å². The van der Waals surface area contributed by atoms with Crippen LogP contribution >= 0.6 is 0 Å². The lowest BCUT2D eigenvalue weighted by molar-refractivity contribution is -0.124. The quantitative estimate of drug-likeness (QED) is 0.865. The van der Waals surface area contributed by atoms with Gasteiger partial charge in [0.2, 0.25) is 5.91 Å². The minimum absolute atomic E-state index is 0.206. The van der Waals surface area contributed by atoms with Crippen LogP contribution in [0.4, 0.5) is 0 Å². The van der Waals surface area contributed by atoms with Crippen LogP contribution in [0.2, 0.25) is 0 Å². The van der Waals surface area contributed by atoms with Crippen LogP contribution in [-0.4, -0.2) is 22.2 Å². The van der Waals surface area contributed by atoms with Crippen molar-refractivity contribution in [1.82, 2.24) is 15.1 Å². The summed E-state index contributed by atoms with van der Waals surface area (Å²) in [5.74, 6) is 0.261. The molecule has 1 spiro atoms. The molecule has 136 valence electrons. The largest absolute Gasteiger partial charge is 0.355 e. The van der Waals surface area contributed by atoms with Crippen molar-refractivity contribution in [2.24, 2.45) is 10.8 Å². The van der Waals surface area contributed by atoms with E-state index in [2.05, 4.69) is 34.7 Å². The van der Waals surface area contributed by atoms with Crippen molar-refractivity contribution in [1.29, 1.82) is 0 Å². The monoisotopic (exact) mass is 349 g/mol. The lowest BCUT2D eigenvalue weighted by Gasteiger charge is -2.24. The Balaban J connectivity index is 1.33. The van der Waals surface area contributed by atoms with Crippen LogP contribution in [0.1, 0.15) is 50.5 Å². The highest BCUT2D eigenvalue weighted by molar-refractivity contribution is 5.93. The van der Waals surface area contributed by atoms with Gasteiger partial charge in [-0.1, -0.05) is 43.2 Å². The maximum Gasteiger partial charge on any atom is 0.231 e. The predicted molar refractivity (Wildman–Crippen MR) is 101 cm³/mol. The van der Waals surface area contributed by atoms with Gasteiger partial charge in [0.1, 0.15) is 0 Å². The summed E-state index contributed by atoms with van der Waals surface area (Å²) in [7, 11) is 0. The highest BCUT2D eigenvalue weighted by Gasteiger charge is 2.72. The average molecular weight is 349 g/mol. The molecule has 0 saturated heterocycles. The molecule has 0 radical (unpaired) electrons. The van der Waals surface area contributed by atoms with Crippen molar-refractivity contribution in [2.75, 3.05) is 6.54 Å². The highest BCUT2D eigenvalue weighted by atomic mass is 16.2. The Bertz CT molecular complexity index is 788. The smallest absolute Gasteiger partial charge is 0.231 e. The minimum Gasteiger partial charge on any atom is -0.355 e. The first-order valence-electron chi connectivity index (χ1n) is 10.00. The first kappa shape index (κ1) is 16.1.